The second-order valence-electron chi connectivity index (χ2n) is 4.17. The molecule has 0 atom stereocenters. The molecule has 1 rings (SSSR count). The molecule has 0 unspecified atom stereocenters. The van der Waals surface area contributed by atoms with Gasteiger partial charge in [-0.2, -0.15) is 0 Å². The third-order valence-corrected chi connectivity index (χ3v) is 2.59. The van der Waals surface area contributed by atoms with Gasteiger partial charge in [-0.25, -0.2) is 0 Å². The number of allylic oxidation sites excluding steroid dienone is 1. The molecule has 2 nitrogen and oxygen atoms in total. The van der Waals surface area contributed by atoms with Gasteiger partial charge in [0, 0.05) is 24.6 Å². The van der Waals surface area contributed by atoms with Gasteiger partial charge in [0.1, 0.15) is 0 Å². The van der Waals surface area contributed by atoms with Crippen LogP contribution < -0.4 is 5.32 Å². The van der Waals surface area contributed by atoms with Crippen molar-refractivity contribution in [1.29, 1.82) is 0 Å². The van der Waals surface area contributed by atoms with Gasteiger partial charge >= 0.3 is 0 Å². The van der Waals surface area contributed by atoms with Gasteiger partial charge in [-0.3, -0.25) is 0 Å². The van der Waals surface area contributed by atoms with Crippen LogP contribution in [0.2, 0.25) is 0 Å². The molecule has 0 aliphatic carbocycles. The van der Waals surface area contributed by atoms with Crippen molar-refractivity contribution in [2.75, 3.05) is 7.05 Å². The first kappa shape index (κ1) is 11.9. The number of aromatic nitrogens is 1. The zero-order valence-electron chi connectivity index (χ0n) is 10.2. The quantitative estimate of drug-likeness (QED) is 0.761. The molecule has 1 heterocycles. The van der Waals surface area contributed by atoms with Crippen LogP contribution in [0.5, 0.6) is 0 Å². The SMILES string of the molecule is CCCc1[nH]ccc1/C=C(\NC)C(C)C. The highest BCUT2D eigenvalue weighted by atomic mass is 14.8. The van der Waals surface area contributed by atoms with E-state index in [1.165, 1.54) is 23.4 Å². The molecule has 0 aliphatic heterocycles. The molecule has 0 aliphatic rings. The number of aryl methyl sites for hydroxylation is 1. The summed E-state index contributed by atoms with van der Waals surface area (Å²) in [6.07, 6.45) is 6.56. The van der Waals surface area contributed by atoms with E-state index in [0.717, 1.165) is 6.42 Å². The van der Waals surface area contributed by atoms with Gasteiger partial charge in [0.25, 0.3) is 0 Å². The Bertz CT molecular complexity index is 321. The van der Waals surface area contributed by atoms with Crippen LogP contribution in [0.15, 0.2) is 18.0 Å². The largest absolute Gasteiger partial charge is 0.391 e. The molecule has 84 valence electrons. The summed E-state index contributed by atoms with van der Waals surface area (Å²) in [6, 6.07) is 2.14. The van der Waals surface area contributed by atoms with Gasteiger partial charge in [0.2, 0.25) is 0 Å². The lowest BCUT2D eigenvalue weighted by Gasteiger charge is -2.10. The fourth-order valence-corrected chi connectivity index (χ4v) is 1.71. The summed E-state index contributed by atoms with van der Waals surface area (Å²) in [5.74, 6) is 0.541. The van der Waals surface area contributed by atoms with Gasteiger partial charge < -0.3 is 10.3 Å². The van der Waals surface area contributed by atoms with Crippen molar-refractivity contribution in [2.24, 2.45) is 5.92 Å². The molecule has 0 bridgehead atoms. The summed E-state index contributed by atoms with van der Waals surface area (Å²) < 4.78 is 0. The Kier molecular flexibility index (Phi) is 4.47. The molecule has 2 heteroatoms. The molecule has 1 aromatic rings. The van der Waals surface area contributed by atoms with E-state index < -0.39 is 0 Å². The van der Waals surface area contributed by atoms with Crippen molar-refractivity contribution in [1.82, 2.24) is 10.3 Å². The Morgan fingerprint density at radius 1 is 1.53 bits per heavy atom. The predicted molar refractivity (Wildman–Crippen MR) is 66.7 cm³/mol. The topological polar surface area (TPSA) is 27.8 Å². The Hall–Kier alpha value is -1.18. The van der Waals surface area contributed by atoms with Crippen LogP contribution in [0.1, 0.15) is 38.4 Å². The Morgan fingerprint density at radius 3 is 2.80 bits per heavy atom. The molecule has 0 radical (unpaired) electrons. The minimum atomic E-state index is 0.541. The van der Waals surface area contributed by atoms with Crippen LogP contribution in [0.4, 0.5) is 0 Å². The number of aromatic amines is 1. The van der Waals surface area contributed by atoms with Crippen LogP contribution in [0.25, 0.3) is 6.08 Å². The lowest BCUT2D eigenvalue weighted by atomic mass is 10.1. The highest BCUT2D eigenvalue weighted by Crippen LogP contribution is 2.16. The third-order valence-electron chi connectivity index (χ3n) is 2.59. The zero-order chi connectivity index (χ0) is 11.3. The average Bonchev–Trinajstić information content (AvgIpc) is 2.62. The lowest BCUT2D eigenvalue weighted by molar-refractivity contribution is 0.706. The molecule has 15 heavy (non-hydrogen) atoms. The minimum Gasteiger partial charge on any atom is -0.391 e. The average molecular weight is 206 g/mol. The fraction of sp³-hybridized carbons (Fsp3) is 0.538. The zero-order valence-corrected chi connectivity index (χ0v) is 10.2. The Labute approximate surface area is 92.8 Å². The first-order valence-corrected chi connectivity index (χ1v) is 5.74. The number of rotatable bonds is 5. The second-order valence-corrected chi connectivity index (χ2v) is 4.17. The summed E-state index contributed by atoms with van der Waals surface area (Å²) in [5, 5.41) is 3.26. The fourth-order valence-electron chi connectivity index (χ4n) is 1.71. The molecule has 1 aromatic heterocycles. The van der Waals surface area contributed by atoms with E-state index in [1.54, 1.807) is 0 Å². The van der Waals surface area contributed by atoms with Crippen molar-refractivity contribution in [3.05, 3.63) is 29.2 Å². The van der Waals surface area contributed by atoms with Crippen molar-refractivity contribution in [3.8, 4) is 0 Å². The highest BCUT2D eigenvalue weighted by molar-refractivity contribution is 5.55. The van der Waals surface area contributed by atoms with Crippen LogP contribution in [-0.2, 0) is 6.42 Å². The Morgan fingerprint density at radius 2 is 2.27 bits per heavy atom. The summed E-state index contributed by atoms with van der Waals surface area (Å²) in [6.45, 7) is 6.61. The molecule has 2 N–H and O–H groups in total. The first-order chi connectivity index (χ1) is 7.19. The molecule has 0 aromatic carbocycles. The van der Waals surface area contributed by atoms with Crippen LogP contribution in [0.3, 0.4) is 0 Å². The number of nitrogens with one attached hydrogen (secondary N) is 2. The predicted octanol–water partition coefficient (Wildman–Crippen LogP) is 3.18. The Balaban J connectivity index is 2.90. The monoisotopic (exact) mass is 206 g/mol. The molecule has 0 fully saturated rings. The van der Waals surface area contributed by atoms with E-state index in [4.69, 9.17) is 0 Å². The van der Waals surface area contributed by atoms with E-state index in [2.05, 4.69) is 43.2 Å². The van der Waals surface area contributed by atoms with E-state index in [0.29, 0.717) is 5.92 Å². The maximum atomic E-state index is 3.30. The van der Waals surface area contributed by atoms with E-state index in [9.17, 15) is 0 Å². The number of H-pyrrole nitrogens is 1. The van der Waals surface area contributed by atoms with Crippen LogP contribution in [-0.4, -0.2) is 12.0 Å². The summed E-state index contributed by atoms with van der Waals surface area (Å²) in [4.78, 5) is 3.30. The van der Waals surface area contributed by atoms with Gasteiger partial charge in [0.15, 0.2) is 0 Å². The second kappa shape index (κ2) is 5.64. The third kappa shape index (κ3) is 3.15. The van der Waals surface area contributed by atoms with Gasteiger partial charge in [-0.05, 0) is 30.0 Å². The normalized spacial score (nSPS) is 12.2. The van der Waals surface area contributed by atoms with E-state index in [-0.39, 0.29) is 0 Å². The first-order valence-electron chi connectivity index (χ1n) is 5.74. The van der Waals surface area contributed by atoms with Crippen molar-refractivity contribution in [3.63, 3.8) is 0 Å². The standard InChI is InChI=1S/C13H22N2/c1-5-6-12-11(7-8-15-12)9-13(14-4)10(2)3/h7-10,14-15H,5-6H2,1-4H3/b13-9-. The summed E-state index contributed by atoms with van der Waals surface area (Å²) in [5.41, 5.74) is 3.94. The molecule has 0 saturated carbocycles. The molecular formula is C13H22N2. The minimum absolute atomic E-state index is 0.541. The van der Waals surface area contributed by atoms with Crippen LogP contribution >= 0.6 is 0 Å². The van der Waals surface area contributed by atoms with E-state index in [1.807, 2.05) is 13.2 Å². The molecule has 0 saturated heterocycles. The number of hydrogen-bond donors (Lipinski definition) is 2. The summed E-state index contributed by atoms with van der Waals surface area (Å²) >= 11 is 0. The van der Waals surface area contributed by atoms with Crippen molar-refractivity contribution >= 4 is 6.08 Å². The van der Waals surface area contributed by atoms with E-state index >= 15 is 0 Å². The lowest BCUT2D eigenvalue weighted by Crippen LogP contribution is -2.11. The number of hydrogen-bond acceptors (Lipinski definition) is 1. The smallest absolute Gasteiger partial charge is 0.0221 e. The van der Waals surface area contributed by atoms with Gasteiger partial charge in [-0.1, -0.05) is 27.2 Å². The maximum absolute atomic E-state index is 3.30. The van der Waals surface area contributed by atoms with Crippen LogP contribution in [0, 0.1) is 5.92 Å². The van der Waals surface area contributed by atoms with Gasteiger partial charge in [-0.15, -0.1) is 0 Å². The molecule has 0 spiro atoms. The highest BCUT2D eigenvalue weighted by Gasteiger charge is 2.04. The van der Waals surface area contributed by atoms with Crippen molar-refractivity contribution in [2.45, 2.75) is 33.6 Å². The summed E-state index contributed by atoms with van der Waals surface area (Å²) in [7, 11) is 1.98. The maximum Gasteiger partial charge on any atom is 0.0221 e. The van der Waals surface area contributed by atoms with Gasteiger partial charge in [0.05, 0.1) is 0 Å². The van der Waals surface area contributed by atoms with Crippen molar-refractivity contribution < 1.29 is 0 Å². The molecule has 0 amide bonds. The molecular weight excluding hydrogens is 184 g/mol.